The van der Waals surface area contributed by atoms with Gasteiger partial charge in [0.15, 0.2) is 0 Å². The maximum Gasteiger partial charge on any atom is 0.416 e. The second-order valence-corrected chi connectivity index (χ2v) is 3.44. The summed E-state index contributed by atoms with van der Waals surface area (Å²) in [7, 11) is 0. The molecule has 2 nitrogen and oxygen atoms in total. The first kappa shape index (κ1) is 12.8. The van der Waals surface area contributed by atoms with Gasteiger partial charge < -0.3 is 10.4 Å². The number of benzene rings is 1. The zero-order valence-corrected chi connectivity index (χ0v) is 8.72. The predicted octanol–water partition coefficient (Wildman–Crippen LogP) is 2.89. The van der Waals surface area contributed by atoms with Crippen LogP contribution in [0.5, 0.6) is 0 Å². The second-order valence-electron chi connectivity index (χ2n) is 3.44. The van der Waals surface area contributed by atoms with Gasteiger partial charge in [-0.1, -0.05) is 6.07 Å². The van der Waals surface area contributed by atoms with E-state index in [0.29, 0.717) is 18.7 Å². The van der Waals surface area contributed by atoms with Crippen LogP contribution >= 0.6 is 0 Å². The largest absolute Gasteiger partial charge is 0.416 e. The number of rotatable bonds is 5. The maximum atomic E-state index is 12.3. The SMILES string of the molecule is OCCCCNc1cccc(C(F)(F)F)c1. The highest BCUT2D eigenvalue weighted by atomic mass is 19.4. The monoisotopic (exact) mass is 233 g/mol. The summed E-state index contributed by atoms with van der Waals surface area (Å²) >= 11 is 0. The number of hydrogen-bond donors (Lipinski definition) is 2. The van der Waals surface area contributed by atoms with Crippen LogP contribution < -0.4 is 5.32 Å². The van der Waals surface area contributed by atoms with Crippen LogP contribution in [0.2, 0.25) is 0 Å². The third-order valence-corrected chi connectivity index (χ3v) is 2.10. The molecule has 0 fully saturated rings. The summed E-state index contributed by atoms with van der Waals surface area (Å²) < 4.78 is 37.0. The summed E-state index contributed by atoms with van der Waals surface area (Å²) in [6.07, 6.45) is -2.93. The molecule has 0 aliphatic carbocycles. The first-order chi connectivity index (χ1) is 7.54. The van der Waals surface area contributed by atoms with Crippen LogP contribution in [0.15, 0.2) is 24.3 Å². The van der Waals surface area contributed by atoms with Crippen molar-refractivity contribution in [3.63, 3.8) is 0 Å². The molecule has 0 radical (unpaired) electrons. The molecule has 0 bridgehead atoms. The third-order valence-electron chi connectivity index (χ3n) is 2.10. The molecule has 0 saturated carbocycles. The minimum atomic E-state index is -4.30. The van der Waals surface area contributed by atoms with Gasteiger partial charge in [0.25, 0.3) is 0 Å². The Balaban J connectivity index is 2.54. The zero-order chi connectivity index (χ0) is 12.0. The molecule has 1 rings (SSSR count). The smallest absolute Gasteiger partial charge is 0.396 e. The van der Waals surface area contributed by atoms with Gasteiger partial charge in [-0.05, 0) is 31.0 Å². The van der Waals surface area contributed by atoms with Crippen LogP contribution in [0.25, 0.3) is 0 Å². The standard InChI is InChI=1S/C11H14F3NO/c12-11(13,14)9-4-3-5-10(8-9)15-6-1-2-7-16/h3-5,8,15-16H,1-2,6-7H2. The van der Waals surface area contributed by atoms with Crippen molar-refractivity contribution in [1.82, 2.24) is 0 Å². The second kappa shape index (κ2) is 5.75. The molecule has 2 N–H and O–H groups in total. The fraction of sp³-hybridized carbons (Fsp3) is 0.455. The number of alkyl halides is 3. The highest BCUT2D eigenvalue weighted by Crippen LogP contribution is 2.30. The van der Waals surface area contributed by atoms with Gasteiger partial charge in [-0.15, -0.1) is 0 Å². The van der Waals surface area contributed by atoms with Gasteiger partial charge in [-0.3, -0.25) is 0 Å². The van der Waals surface area contributed by atoms with Gasteiger partial charge in [-0.2, -0.15) is 13.2 Å². The van der Waals surface area contributed by atoms with Crippen molar-refractivity contribution in [1.29, 1.82) is 0 Å². The number of unbranched alkanes of at least 4 members (excludes halogenated alkanes) is 1. The molecule has 0 atom stereocenters. The molecule has 0 heterocycles. The van der Waals surface area contributed by atoms with E-state index >= 15 is 0 Å². The lowest BCUT2D eigenvalue weighted by molar-refractivity contribution is -0.137. The Hall–Kier alpha value is -1.23. The van der Waals surface area contributed by atoms with Crippen LogP contribution in [-0.2, 0) is 6.18 Å². The molecule has 16 heavy (non-hydrogen) atoms. The zero-order valence-electron chi connectivity index (χ0n) is 8.72. The van der Waals surface area contributed by atoms with Gasteiger partial charge in [0, 0.05) is 18.8 Å². The predicted molar refractivity (Wildman–Crippen MR) is 56.3 cm³/mol. The summed E-state index contributed by atoms with van der Waals surface area (Å²) in [5, 5.41) is 11.4. The molecule has 5 heteroatoms. The van der Waals surface area contributed by atoms with E-state index in [0.717, 1.165) is 18.6 Å². The minimum Gasteiger partial charge on any atom is -0.396 e. The first-order valence-electron chi connectivity index (χ1n) is 5.06. The van der Waals surface area contributed by atoms with Crippen molar-refractivity contribution in [2.45, 2.75) is 19.0 Å². The van der Waals surface area contributed by atoms with Crippen LogP contribution in [0.1, 0.15) is 18.4 Å². The molecule has 0 aromatic heterocycles. The molecule has 0 saturated heterocycles. The number of anilines is 1. The normalized spacial score (nSPS) is 11.5. The Morgan fingerprint density at radius 1 is 1.19 bits per heavy atom. The number of aliphatic hydroxyl groups excluding tert-OH is 1. The Labute approximate surface area is 92.1 Å². The van der Waals surface area contributed by atoms with Crippen molar-refractivity contribution in [3.8, 4) is 0 Å². The first-order valence-corrected chi connectivity index (χ1v) is 5.06. The summed E-state index contributed by atoms with van der Waals surface area (Å²) in [5.74, 6) is 0. The highest BCUT2D eigenvalue weighted by Gasteiger charge is 2.30. The van der Waals surface area contributed by atoms with E-state index in [2.05, 4.69) is 5.32 Å². The van der Waals surface area contributed by atoms with Crippen molar-refractivity contribution in [3.05, 3.63) is 29.8 Å². The van der Waals surface area contributed by atoms with E-state index in [-0.39, 0.29) is 6.61 Å². The Morgan fingerprint density at radius 3 is 2.56 bits per heavy atom. The summed E-state index contributed by atoms with van der Waals surface area (Å²) in [4.78, 5) is 0. The van der Waals surface area contributed by atoms with Crippen molar-refractivity contribution in [2.75, 3.05) is 18.5 Å². The topological polar surface area (TPSA) is 32.3 Å². The molecule has 1 aromatic rings. The number of hydrogen-bond acceptors (Lipinski definition) is 2. The van der Waals surface area contributed by atoms with Gasteiger partial charge >= 0.3 is 6.18 Å². The van der Waals surface area contributed by atoms with Gasteiger partial charge in [0.1, 0.15) is 0 Å². The average Bonchev–Trinajstić information content (AvgIpc) is 2.24. The number of aliphatic hydroxyl groups is 1. The Morgan fingerprint density at radius 2 is 1.94 bits per heavy atom. The lowest BCUT2D eigenvalue weighted by Gasteiger charge is -2.10. The minimum absolute atomic E-state index is 0.101. The van der Waals surface area contributed by atoms with Crippen molar-refractivity contribution >= 4 is 5.69 Å². The molecule has 1 aromatic carbocycles. The maximum absolute atomic E-state index is 12.3. The van der Waals surface area contributed by atoms with E-state index in [9.17, 15) is 13.2 Å². The lowest BCUT2D eigenvalue weighted by Crippen LogP contribution is -2.07. The molecule has 0 unspecified atom stereocenters. The number of nitrogens with one attached hydrogen (secondary N) is 1. The quantitative estimate of drug-likeness (QED) is 0.766. The Kier molecular flexibility index (Phi) is 4.61. The third kappa shape index (κ3) is 4.10. The molecule has 0 aliphatic heterocycles. The fourth-order valence-corrected chi connectivity index (χ4v) is 1.28. The van der Waals surface area contributed by atoms with E-state index in [1.165, 1.54) is 6.07 Å². The van der Waals surface area contributed by atoms with Crippen LogP contribution in [0.4, 0.5) is 18.9 Å². The van der Waals surface area contributed by atoms with Gasteiger partial charge in [0.05, 0.1) is 5.56 Å². The van der Waals surface area contributed by atoms with E-state index < -0.39 is 11.7 Å². The average molecular weight is 233 g/mol. The van der Waals surface area contributed by atoms with Crippen molar-refractivity contribution in [2.24, 2.45) is 0 Å². The highest BCUT2D eigenvalue weighted by molar-refractivity contribution is 5.46. The van der Waals surface area contributed by atoms with Crippen LogP contribution in [0, 0.1) is 0 Å². The van der Waals surface area contributed by atoms with E-state index in [1.807, 2.05) is 0 Å². The van der Waals surface area contributed by atoms with E-state index in [4.69, 9.17) is 5.11 Å². The van der Waals surface area contributed by atoms with Crippen molar-refractivity contribution < 1.29 is 18.3 Å². The molecular formula is C11H14F3NO. The van der Waals surface area contributed by atoms with Crippen LogP contribution in [0.3, 0.4) is 0 Å². The molecule has 0 spiro atoms. The Bertz CT molecular complexity index is 325. The number of halogens is 3. The van der Waals surface area contributed by atoms with Gasteiger partial charge in [-0.25, -0.2) is 0 Å². The molecular weight excluding hydrogens is 219 g/mol. The fourth-order valence-electron chi connectivity index (χ4n) is 1.28. The molecule has 90 valence electrons. The van der Waals surface area contributed by atoms with Crippen LogP contribution in [-0.4, -0.2) is 18.3 Å². The summed E-state index contributed by atoms with van der Waals surface area (Å²) in [6, 6.07) is 5.09. The summed E-state index contributed by atoms with van der Waals surface area (Å²) in [5.41, 5.74) is -0.201. The lowest BCUT2D eigenvalue weighted by atomic mass is 10.2. The van der Waals surface area contributed by atoms with E-state index in [1.54, 1.807) is 6.07 Å². The molecule has 0 amide bonds. The summed E-state index contributed by atoms with van der Waals surface area (Å²) in [6.45, 7) is 0.659. The molecule has 0 aliphatic rings. The van der Waals surface area contributed by atoms with Gasteiger partial charge in [0.2, 0.25) is 0 Å².